The standard InChI is InChI=1S/C31H18N2S/c32-19-20-16-17-29(33-27-13-4-1-8-21(27)22-9-2-5-14-28(22)33)26(18-20)25-12-7-11-24-23-10-3-6-15-30(23)34-31(24)25/h1-4,6,8-11,13,15-18H,5,14H2. The van der Waals surface area contributed by atoms with Gasteiger partial charge in [0.15, 0.2) is 0 Å². The zero-order valence-corrected chi connectivity index (χ0v) is 19.1. The average molecular weight is 451 g/mol. The Morgan fingerprint density at radius 2 is 1.79 bits per heavy atom. The van der Waals surface area contributed by atoms with Crippen LogP contribution in [0.1, 0.15) is 39.2 Å². The lowest BCUT2D eigenvalue weighted by atomic mass is 9.95. The molecule has 0 radical (unpaired) electrons. The molecule has 2 nitrogen and oxygen atoms in total. The molecule has 0 amide bonds. The van der Waals surface area contributed by atoms with Gasteiger partial charge in [0.2, 0.25) is 0 Å². The maximum Gasteiger partial charge on any atom is 0.0991 e. The summed E-state index contributed by atoms with van der Waals surface area (Å²) in [6.07, 6.45) is 8.57. The summed E-state index contributed by atoms with van der Waals surface area (Å²) in [5.41, 5.74) is 15.4. The summed E-state index contributed by atoms with van der Waals surface area (Å²) in [5, 5.41) is 12.2. The lowest BCUT2D eigenvalue weighted by Gasteiger charge is -2.18. The van der Waals surface area contributed by atoms with Crippen LogP contribution in [0.5, 0.6) is 0 Å². The quantitative estimate of drug-likeness (QED) is 0.247. The molecule has 0 saturated heterocycles. The normalized spacial score (nSPS) is 13.7. The van der Waals surface area contributed by atoms with E-state index < -0.39 is 0 Å². The van der Waals surface area contributed by atoms with Crippen molar-refractivity contribution in [1.82, 2.24) is 4.57 Å². The summed E-state index contributed by atoms with van der Waals surface area (Å²) >= 11 is 1.78. The molecule has 34 heavy (non-hydrogen) atoms. The third-order valence-electron chi connectivity index (χ3n) is 6.76. The van der Waals surface area contributed by atoms with E-state index in [0.717, 1.165) is 29.7 Å². The van der Waals surface area contributed by atoms with Gasteiger partial charge in [0, 0.05) is 37.9 Å². The van der Waals surface area contributed by atoms with E-state index in [1.165, 1.54) is 42.7 Å². The Balaban J connectivity index is 1.56. The minimum atomic E-state index is 0.649. The molecule has 0 bridgehead atoms. The van der Waals surface area contributed by atoms with E-state index in [1.807, 2.05) is 18.2 Å². The first-order valence-electron chi connectivity index (χ1n) is 11.4. The van der Waals surface area contributed by atoms with Gasteiger partial charge in [0.05, 0.1) is 33.3 Å². The van der Waals surface area contributed by atoms with Gasteiger partial charge in [-0.2, -0.15) is 5.26 Å². The number of para-hydroxylation sites is 1. The lowest BCUT2D eigenvalue weighted by molar-refractivity contribution is 0.887. The van der Waals surface area contributed by atoms with E-state index in [2.05, 4.69) is 88.8 Å². The minimum Gasteiger partial charge on any atom is -0.312 e. The van der Waals surface area contributed by atoms with Gasteiger partial charge in [-0.1, -0.05) is 60.0 Å². The molecular formula is C31H18N2S. The second-order valence-electron chi connectivity index (χ2n) is 8.63. The van der Waals surface area contributed by atoms with Gasteiger partial charge in [0.1, 0.15) is 0 Å². The fourth-order valence-corrected chi connectivity index (χ4v) is 6.46. The van der Waals surface area contributed by atoms with E-state index in [-0.39, 0.29) is 0 Å². The molecule has 7 rings (SSSR count). The fourth-order valence-electron chi connectivity index (χ4n) is 5.27. The maximum atomic E-state index is 9.74. The first-order chi connectivity index (χ1) is 16.8. The predicted octanol–water partition coefficient (Wildman–Crippen LogP) is 7.89. The number of nitrogens with zero attached hydrogens (tertiary/aromatic N) is 2. The molecule has 0 unspecified atom stereocenters. The monoisotopic (exact) mass is 450 g/mol. The molecule has 2 aliphatic rings. The highest BCUT2D eigenvalue weighted by atomic mass is 32.1. The molecule has 2 aliphatic carbocycles. The van der Waals surface area contributed by atoms with Crippen molar-refractivity contribution < 1.29 is 0 Å². The number of hydrogen-bond acceptors (Lipinski definition) is 2. The van der Waals surface area contributed by atoms with Crippen LogP contribution in [0, 0.1) is 11.3 Å². The Morgan fingerprint density at radius 1 is 0.941 bits per heavy atom. The highest BCUT2D eigenvalue weighted by Gasteiger charge is 2.24. The average Bonchev–Trinajstić information content (AvgIpc) is 3.44. The van der Waals surface area contributed by atoms with Crippen molar-refractivity contribution >= 4 is 50.1 Å². The predicted molar refractivity (Wildman–Crippen MR) is 141 cm³/mol. The molecule has 0 aliphatic heterocycles. The largest absolute Gasteiger partial charge is 0.312 e. The Hall–Kier alpha value is -4.31. The maximum absolute atomic E-state index is 9.74. The highest BCUT2D eigenvalue weighted by Crippen LogP contribution is 2.43. The number of rotatable bonds is 2. The highest BCUT2D eigenvalue weighted by molar-refractivity contribution is 7.20. The van der Waals surface area contributed by atoms with Crippen LogP contribution >= 0.6 is 11.3 Å². The van der Waals surface area contributed by atoms with Gasteiger partial charge >= 0.3 is 0 Å². The second kappa shape index (κ2) is 7.35. The van der Waals surface area contributed by atoms with E-state index in [4.69, 9.17) is 0 Å². The molecule has 0 saturated carbocycles. The van der Waals surface area contributed by atoms with E-state index in [1.54, 1.807) is 11.3 Å². The summed E-state index contributed by atoms with van der Waals surface area (Å²) in [7, 11) is 0. The third kappa shape index (κ3) is 2.69. The van der Waals surface area contributed by atoms with Gasteiger partial charge < -0.3 is 4.57 Å². The molecule has 2 heterocycles. The van der Waals surface area contributed by atoms with E-state index >= 15 is 0 Å². The Bertz CT molecular complexity index is 1840. The molecular weight excluding hydrogens is 432 g/mol. The van der Waals surface area contributed by atoms with Gasteiger partial charge in [0.25, 0.3) is 0 Å². The van der Waals surface area contributed by atoms with Crippen LogP contribution in [-0.4, -0.2) is 4.57 Å². The number of fused-ring (bicyclic) bond motifs is 6. The Kier molecular flexibility index (Phi) is 4.15. The summed E-state index contributed by atoms with van der Waals surface area (Å²) < 4.78 is 3.64. The number of benzene rings is 3. The van der Waals surface area contributed by atoms with Gasteiger partial charge in [-0.15, -0.1) is 11.3 Å². The van der Waals surface area contributed by atoms with Crippen molar-refractivity contribution in [3.8, 4) is 11.8 Å². The number of allylic oxidation sites excluding steroid dienone is 1. The molecule has 0 atom stereocenters. The molecule has 2 aromatic heterocycles. The summed E-state index contributed by atoms with van der Waals surface area (Å²) in [4.78, 5) is 1.18. The number of thiophene rings is 1. The van der Waals surface area contributed by atoms with Crippen LogP contribution in [0.25, 0.3) is 44.4 Å². The topological polar surface area (TPSA) is 28.7 Å². The summed E-state index contributed by atoms with van der Waals surface area (Å²) in [5.74, 6) is 0. The van der Waals surface area contributed by atoms with Gasteiger partial charge in [-0.25, -0.2) is 0 Å². The lowest BCUT2D eigenvalue weighted by Crippen LogP contribution is -2.06. The van der Waals surface area contributed by atoms with Crippen molar-refractivity contribution in [2.45, 2.75) is 12.8 Å². The summed E-state index contributed by atoms with van der Waals surface area (Å²) in [6.45, 7) is 0. The Morgan fingerprint density at radius 3 is 2.71 bits per heavy atom. The zero-order chi connectivity index (χ0) is 22.6. The summed E-state index contributed by atoms with van der Waals surface area (Å²) in [6, 6.07) is 25.5. The third-order valence-corrected chi connectivity index (χ3v) is 7.96. The van der Waals surface area contributed by atoms with Crippen LogP contribution in [0.3, 0.4) is 0 Å². The van der Waals surface area contributed by atoms with E-state index in [9.17, 15) is 5.26 Å². The van der Waals surface area contributed by atoms with E-state index in [0.29, 0.717) is 5.56 Å². The first kappa shape index (κ1) is 19.2. The SMILES string of the molecule is N#Cc1ccc(-n2c3c(c4ccccc42)C=CCC3)c(C2=C=C=Cc3c2sc2ccccc32)c1. The van der Waals surface area contributed by atoms with Crippen LogP contribution in [0.4, 0.5) is 0 Å². The molecule has 0 spiro atoms. The van der Waals surface area contributed by atoms with Crippen LogP contribution in [0.2, 0.25) is 0 Å². The number of aromatic nitrogens is 1. The van der Waals surface area contributed by atoms with Crippen molar-refractivity contribution in [3.05, 3.63) is 117 Å². The molecule has 3 heteroatoms. The van der Waals surface area contributed by atoms with Crippen molar-refractivity contribution in [1.29, 1.82) is 5.26 Å². The van der Waals surface area contributed by atoms with Crippen LogP contribution in [0.15, 0.2) is 84.3 Å². The van der Waals surface area contributed by atoms with Crippen molar-refractivity contribution in [2.24, 2.45) is 0 Å². The molecule has 5 aromatic rings. The molecule has 3 aromatic carbocycles. The van der Waals surface area contributed by atoms with Gasteiger partial charge in [-0.05, 0) is 49.2 Å². The van der Waals surface area contributed by atoms with Crippen molar-refractivity contribution in [3.63, 3.8) is 0 Å². The smallest absolute Gasteiger partial charge is 0.0991 e. The fraction of sp³-hybridized carbons (Fsp3) is 0.0645. The first-order valence-corrected chi connectivity index (χ1v) is 12.2. The van der Waals surface area contributed by atoms with Crippen molar-refractivity contribution in [2.75, 3.05) is 0 Å². The zero-order valence-electron chi connectivity index (χ0n) is 18.3. The molecule has 0 N–H and O–H groups in total. The number of nitriles is 1. The van der Waals surface area contributed by atoms with Crippen LogP contribution < -0.4 is 0 Å². The molecule has 0 fully saturated rings. The van der Waals surface area contributed by atoms with Gasteiger partial charge in [-0.3, -0.25) is 0 Å². The Labute approximate surface area is 201 Å². The van der Waals surface area contributed by atoms with Crippen LogP contribution in [-0.2, 0) is 6.42 Å². The second-order valence-corrected chi connectivity index (χ2v) is 9.68. The molecule has 158 valence electrons. The number of hydrogen-bond donors (Lipinski definition) is 0. The minimum absolute atomic E-state index is 0.649.